The van der Waals surface area contributed by atoms with E-state index in [0.717, 1.165) is 0 Å². The summed E-state index contributed by atoms with van der Waals surface area (Å²) in [5.74, 6) is 0.145. The number of anilines is 1. The minimum absolute atomic E-state index is 0.0988. The van der Waals surface area contributed by atoms with E-state index < -0.39 is 11.5 Å². The molecule has 28 heavy (non-hydrogen) atoms. The number of hydrogen-bond donors (Lipinski definition) is 1. The van der Waals surface area contributed by atoms with Gasteiger partial charge in [0.25, 0.3) is 5.91 Å². The molecule has 0 aliphatic carbocycles. The molecule has 2 aromatic heterocycles. The molecule has 0 saturated carbocycles. The van der Waals surface area contributed by atoms with E-state index in [-0.39, 0.29) is 11.4 Å². The summed E-state index contributed by atoms with van der Waals surface area (Å²) in [6.45, 7) is 2.45. The van der Waals surface area contributed by atoms with Crippen LogP contribution in [0, 0.1) is 0 Å². The molecule has 8 nitrogen and oxygen atoms in total. The van der Waals surface area contributed by atoms with Crippen molar-refractivity contribution in [1.29, 1.82) is 0 Å². The van der Waals surface area contributed by atoms with Crippen LogP contribution in [0.15, 0.2) is 68.4 Å². The van der Waals surface area contributed by atoms with Crippen LogP contribution < -0.4 is 15.7 Å². The van der Waals surface area contributed by atoms with Crippen LogP contribution in [-0.4, -0.2) is 22.8 Å². The Hall–Kier alpha value is -3.94. The minimum Gasteiger partial charge on any atom is -0.494 e. The first-order chi connectivity index (χ1) is 13.7. The molecule has 140 valence electrons. The molecule has 4 rings (SSSR count). The second-order valence-corrected chi connectivity index (χ2v) is 5.86. The fourth-order valence-electron chi connectivity index (χ4n) is 2.73. The van der Waals surface area contributed by atoms with Crippen LogP contribution in [0.3, 0.4) is 0 Å². The number of rotatable bonds is 5. The first-order valence-corrected chi connectivity index (χ1v) is 8.55. The summed E-state index contributed by atoms with van der Waals surface area (Å²) in [7, 11) is 0. The summed E-state index contributed by atoms with van der Waals surface area (Å²) in [6, 6.07) is 15.5. The van der Waals surface area contributed by atoms with E-state index in [1.807, 2.05) is 6.92 Å². The number of hydrogen-bond acceptors (Lipinski definition) is 7. The van der Waals surface area contributed by atoms with Crippen molar-refractivity contribution in [1.82, 2.24) is 10.3 Å². The Labute approximate surface area is 158 Å². The zero-order valence-electron chi connectivity index (χ0n) is 14.8. The van der Waals surface area contributed by atoms with Crippen LogP contribution in [0.25, 0.3) is 22.2 Å². The average molecular weight is 377 g/mol. The molecule has 0 bridgehead atoms. The van der Waals surface area contributed by atoms with Crippen LogP contribution in [0.5, 0.6) is 5.75 Å². The maximum atomic E-state index is 12.6. The summed E-state index contributed by atoms with van der Waals surface area (Å²) >= 11 is 0. The third-order valence-electron chi connectivity index (χ3n) is 4.05. The number of benzene rings is 2. The van der Waals surface area contributed by atoms with Crippen molar-refractivity contribution in [2.45, 2.75) is 6.92 Å². The normalized spacial score (nSPS) is 10.8. The zero-order chi connectivity index (χ0) is 19.5. The van der Waals surface area contributed by atoms with Gasteiger partial charge in [-0.25, -0.2) is 9.42 Å². The highest BCUT2D eigenvalue weighted by molar-refractivity contribution is 6.06. The lowest BCUT2D eigenvalue weighted by molar-refractivity contribution is 0.102. The Morgan fingerprint density at radius 3 is 2.68 bits per heavy atom. The van der Waals surface area contributed by atoms with Crippen molar-refractivity contribution in [3.8, 4) is 17.0 Å². The van der Waals surface area contributed by atoms with Crippen LogP contribution in [0.1, 0.15) is 17.3 Å². The number of carbonyl (C=O) groups excluding carboxylic acids is 1. The molecule has 0 spiro atoms. The molecule has 0 unspecified atom stereocenters. The zero-order valence-corrected chi connectivity index (χ0v) is 14.8. The van der Waals surface area contributed by atoms with Crippen LogP contribution in [0.2, 0.25) is 0 Å². The maximum absolute atomic E-state index is 12.6. The predicted molar refractivity (Wildman–Crippen MR) is 101 cm³/mol. The lowest BCUT2D eigenvalue weighted by Gasteiger charge is -2.05. The lowest BCUT2D eigenvalue weighted by atomic mass is 10.1. The number of ether oxygens (including phenoxy) is 1. The number of carbonyl (C=O) groups is 1. The van der Waals surface area contributed by atoms with Gasteiger partial charge >= 0.3 is 5.63 Å². The van der Waals surface area contributed by atoms with Crippen molar-refractivity contribution in [2.24, 2.45) is 0 Å². The Morgan fingerprint density at radius 2 is 1.89 bits per heavy atom. The number of nitrogens with one attached hydrogen (secondary N) is 1. The second-order valence-electron chi connectivity index (χ2n) is 5.86. The van der Waals surface area contributed by atoms with Gasteiger partial charge in [-0.1, -0.05) is 18.2 Å². The van der Waals surface area contributed by atoms with E-state index in [0.29, 0.717) is 34.6 Å². The smallest absolute Gasteiger partial charge is 0.349 e. The molecule has 0 aliphatic rings. The number of fused-ring (bicyclic) bond motifs is 1. The Balaban J connectivity index is 1.62. The molecule has 0 atom stereocenters. The van der Waals surface area contributed by atoms with Gasteiger partial charge in [-0.2, -0.15) is 0 Å². The highest BCUT2D eigenvalue weighted by Gasteiger charge is 2.19. The van der Waals surface area contributed by atoms with Gasteiger partial charge in [0.05, 0.1) is 6.61 Å². The number of para-hydroxylation sites is 1. The van der Waals surface area contributed by atoms with Gasteiger partial charge in [0.15, 0.2) is 5.69 Å². The first kappa shape index (κ1) is 17.5. The van der Waals surface area contributed by atoms with Gasteiger partial charge in [-0.15, -0.1) is 0 Å². The van der Waals surface area contributed by atoms with Gasteiger partial charge in [-0.05, 0) is 53.6 Å². The van der Waals surface area contributed by atoms with E-state index in [1.165, 1.54) is 6.07 Å². The molecule has 0 saturated heterocycles. The molecule has 1 N–H and O–H groups in total. The molecule has 1 amide bonds. The summed E-state index contributed by atoms with van der Waals surface area (Å²) in [4.78, 5) is 24.8. The van der Waals surface area contributed by atoms with Gasteiger partial charge in [0, 0.05) is 10.9 Å². The van der Waals surface area contributed by atoms with E-state index in [2.05, 4.69) is 15.6 Å². The third kappa shape index (κ3) is 3.35. The van der Waals surface area contributed by atoms with Gasteiger partial charge < -0.3 is 14.5 Å². The highest BCUT2D eigenvalue weighted by atomic mass is 16.6. The molecule has 4 aromatic rings. The summed E-state index contributed by atoms with van der Waals surface area (Å²) in [6.07, 6.45) is 0. The lowest BCUT2D eigenvalue weighted by Crippen LogP contribution is -2.21. The summed E-state index contributed by atoms with van der Waals surface area (Å²) in [5.41, 5.74) is 0.531. The van der Waals surface area contributed by atoms with Gasteiger partial charge in [-0.3, -0.25) is 4.79 Å². The molecule has 2 heterocycles. The fraction of sp³-hybridized carbons (Fsp3) is 0.100. The second kappa shape index (κ2) is 7.36. The van der Waals surface area contributed by atoms with E-state index in [4.69, 9.17) is 13.8 Å². The molecular formula is C20H15N3O5. The minimum atomic E-state index is -0.740. The number of nitrogens with zero attached hydrogens (tertiary/aromatic N) is 2. The van der Waals surface area contributed by atoms with Gasteiger partial charge in [0.1, 0.15) is 16.9 Å². The van der Waals surface area contributed by atoms with Gasteiger partial charge in [0.2, 0.25) is 5.82 Å². The SMILES string of the molecule is CCOc1ccc(-c2nonc2NC(=O)c2cc3ccccc3oc2=O)cc1. The summed E-state index contributed by atoms with van der Waals surface area (Å²) < 4.78 is 15.4. The largest absolute Gasteiger partial charge is 0.494 e. The Morgan fingerprint density at radius 1 is 1.11 bits per heavy atom. The molecule has 2 aromatic carbocycles. The standard InChI is InChI=1S/C20H15N3O5/c1-2-26-14-9-7-12(8-10-14)17-18(23-28-22-17)21-19(24)15-11-13-5-3-4-6-16(13)27-20(15)25/h3-11H,2H2,1H3,(H,21,23,24). The molecule has 8 heteroatoms. The molecule has 0 fully saturated rings. The topological polar surface area (TPSA) is 107 Å². The first-order valence-electron chi connectivity index (χ1n) is 8.55. The Kier molecular flexibility index (Phi) is 4.59. The van der Waals surface area contributed by atoms with Crippen molar-refractivity contribution in [2.75, 3.05) is 11.9 Å². The summed E-state index contributed by atoms with van der Waals surface area (Å²) in [5, 5.41) is 10.8. The van der Waals surface area contributed by atoms with E-state index >= 15 is 0 Å². The Bertz CT molecular complexity index is 1190. The highest BCUT2D eigenvalue weighted by Crippen LogP contribution is 2.26. The predicted octanol–water partition coefficient (Wildman–Crippen LogP) is 3.49. The number of aromatic nitrogens is 2. The number of amides is 1. The van der Waals surface area contributed by atoms with Crippen molar-refractivity contribution < 1.29 is 18.6 Å². The quantitative estimate of drug-likeness (QED) is 0.530. The van der Waals surface area contributed by atoms with Crippen molar-refractivity contribution in [3.63, 3.8) is 0 Å². The van der Waals surface area contributed by atoms with Crippen LogP contribution >= 0.6 is 0 Å². The van der Waals surface area contributed by atoms with Crippen LogP contribution in [0.4, 0.5) is 5.82 Å². The van der Waals surface area contributed by atoms with Crippen LogP contribution in [-0.2, 0) is 0 Å². The average Bonchev–Trinajstić information content (AvgIpc) is 3.16. The molecular weight excluding hydrogens is 362 g/mol. The third-order valence-corrected chi connectivity index (χ3v) is 4.05. The van der Waals surface area contributed by atoms with Crippen molar-refractivity contribution in [3.05, 3.63) is 70.6 Å². The maximum Gasteiger partial charge on any atom is 0.349 e. The molecule has 0 aliphatic heterocycles. The van der Waals surface area contributed by atoms with E-state index in [9.17, 15) is 9.59 Å². The van der Waals surface area contributed by atoms with Crippen molar-refractivity contribution >= 4 is 22.7 Å². The van der Waals surface area contributed by atoms with E-state index in [1.54, 1.807) is 48.5 Å². The molecule has 0 radical (unpaired) electrons. The fourth-order valence-corrected chi connectivity index (χ4v) is 2.73. The monoisotopic (exact) mass is 377 g/mol.